The lowest BCUT2D eigenvalue weighted by molar-refractivity contribution is -0.385. The lowest BCUT2D eigenvalue weighted by Gasteiger charge is -2.30. The van der Waals surface area contributed by atoms with Crippen molar-refractivity contribution in [2.75, 3.05) is 0 Å². The molecular formula is C18H19N3O3. The van der Waals surface area contributed by atoms with Gasteiger partial charge in [-0.2, -0.15) is 0 Å². The average Bonchev–Trinajstić information content (AvgIpc) is 2.61. The van der Waals surface area contributed by atoms with Crippen molar-refractivity contribution < 1.29 is 9.72 Å². The van der Waals surface area contributed by atoms with Crippen molar-refractivity contribution in [2.24, 2.45) is 0 Å². The Labute approximate surface area is 140 Å². The summed E-state index contributed by atoms with van der Waals surface area (Å²) in [6.45, 7) is 5.57. The highest BCUT2D eigenvalue weighted by Crippen LogP contribution is 2.27. The van der Waals surface area contributed by atoms with Crippen molar-refractivity contribution in [3.05, 3.63) is 88.5 Å². The van der Waals surface area contributed by atoms with E-state index in [1.807, 2.05) is 13.0 Å². The maximum Gasteiger partial charge on any atom is 0.269 e. The lowest BCUT2D eigenvalue weighted by Crippen LogP contribution is -2.50. The summed E-state index contributed by atoms with van der Waals surface area (Å²) in [6.07, 6.45) is 2.17. The summed E-state index contributed by atoms with van der Waals surface area (Å²) in [5.74, 6) is -0.281. The number of nitrogens with zero attached hydrogens (tertiary/aromatic N) is 1. The summed E-state index contributed by atoms with van der Waals surface area (Å²) in [5.41, 5.74) is 6.13. The number of rotatable bonds is 7. The Balaban J connectivity index is 2.21. The predicted molar refractivity (Wildman–Crippen MR) is 92.3 cm³/mol. The second kappa shape index (κ2) is 7.52. The van der Waals surface area contributed by atoms with Crippen LogP contribution in [0.5, 0.6) is 0 Å². The van der Waals surface area contributed by atoms with Crippen LogP contribution in [0.4, 0.5) is 5.69 Å². The topological polar surface area (TPSA) is 84.3 Å². The van der Waals surface area contributed by atoms with E-state index in [0.717, 1.165) is 0 Å². The third-order valence-corrected chi connectivity index (χ3v) is 3.73. The van der Waals surface area contributed by atoms with Gasteiger partial charge in [0.25, 0.3) is 11.6 Å². The van der Waals surface area contributed by atoms with Gasteiger partial charge < -0.3 is 0 Å². The van der Waals surface area contributed by atoms with E-state index in [2.05, 4.69) is 17.4 Å². The van der Waals surface area contributed by atoms with E-state index in [9.17, 15) is 14.9 Å². The Morgan fingerprint density at radius 3 is 2.58 bits per heavy atom. The standard InChI is InChI=1S/C18H19N3O3/c1-3-12-18(2,15-10-7-11-16(13-15)21(23)24)20-19-17(22)14-8-5-4-6-9-14/h3-11,13,20H,1,12H2,2H3,(H,19,22). The second-order valence-corrected chi connectivity index (χ2v) is 5.58. The van der Waals surface area contributed by atoms with Crippen molar-refractivity contribution in [2.45, 2.75) is 18.9 Å². The fourth-order valence-electron chi connectivity index (χ4n) is 2.35. The number of carbonyl (C=O) groups is 1. The normalized spacial score (nSPS) is 12.9. The van der Waals surface area contributed by atoms with Crippen LogP contribution in [0.25, 0.3) is 0 Å². The second-order valence-electron chi connectivity index (χ2n) is 5.58. The number of carbonyl (C=O) groups excluding carboxylic acids is 1. The number of nitrogens with one attached hydrogen (secondary N) is 2. The number of nitro benzene ring substituents is 1. The van der Waals surface area contributed by atoms with Gasteiger partial charge in [-0.1, -0.05) is 36.4 Å². The molecule has 0 heterocycles. The van der Waals surface area contributed by atoms with Crippen LogP contribution in [0.3, 0.4) is 0 Å². The molecule has 1 amide bonds. The van der Waals surface area contributed by atoms with Crippen LogP contribution in [-0.4, -0.2) is 10.8 Å². The molecule has 0 saturated heterocycles. The first-order chi connectivity index (χ1) is 11.5. The van der Waals surface area contributed by atoms with Crippen LogP contribution in [0.15, 0.2) is 67.3 Å². The molecule has 0 aliphatic carbocycles. The molecule has 0 radical (unpaired) electrons. The van der Waals surface area contributed by atoms with E-state index in [1.165, 1.54) is 12.1 Å². The van der Waals surface area contributed by atoms with Crippen molar-refractivity contribution >= 4 is 11.6 Å². The largest absolute Gasteiger partial charge is 0.287 e. The third-order valence-electron chi connectivity index (χ3n) is 3.73. The van der Waals surface area contributed by atoms with Crippen LogP contribution >= 0.6 is 0 Å². The summed E-state index contributed by atoms with van der Waals surface area (Å²) < 4.78 is 0. The van der Waals surface area contributed by atoms with Crippen molar-refractivity contribution in [3.8, 4) is 0 Å². The van der Waals surface area contributed by atoms with Gasteiger partial charge in [0.15, 0.2) is 0 Å². The van der Waals surface area contributed by atoms with E-state index >= 15 is 0 Å². The average molecular weight is 325 g/mol. The Kier molecular flexibility index (Phi) is 5.44. The van der Waals surface area contributed by atoms with Gasteiger partial charge in [-0.25, -0.2) is 5.43 Å². The van der Waals surface area contributed by atoms with Crippen LogP contribution in [0.2, 0.25) is 0 Å². The fraction of sp³-hybridized carbons (Fsp3) is 0.167. The molecule has 6 nitrogen and oxygen atoms in total. The highest BCUT2D eigenvalue weighted by molar-refractivity contribution is 5.93. The molecule has 0 fully saturated rings. The number of benzene rings is 2. The smallest absolute Gasteiger partial charge is 0.269 e. The molecular weight excluding hydrogens is 306 g/mol. The molecule has 1 atom stereocenters. The maximum absolute atomic E-state index is 12.2. The minimum absolute atomic E-state index is 0.000951. The quantitative estimate of drug-likeness (QED) is 0.464. The Hall–Kier alpha value is -2.99. The summed E-state index contributed by atoms with van der Waals surface area (Å²) in [7, 11) is 0. The molecule has 0 aliphatic heterocycles. The summed E-state index contributed by atoms with van der Waals surface area (Å²) >= 11 is 0. The first kappa shape index (κ1) is 17.4. The van der Waals surface area contributed by atoms with E-state index < -0.39 is 10.5 Å². The third kappa shape index (κ3) is 4.05. The van der Waals surface area contributed by atoms with Gasteiger partial charge in [0.2, 0.25) is 0 Å². The van der Waals surface area contributed by atoms with Crippen molar-refractivity contribution in [1.82, 2.24) is 10.9 Å². The fourth-order valence-corrected chi connectivity index (χ4v) is 2.35. The minimum atomic E-state index is -0.724. The molecule has 6 heteroatoms. The Morgan fingerprint density at radius 2 is 1.96 bits per heavy atom. The SMILES string of the molecule is C=CCC(C)(NNC(=O)c1ccccc1)c1cccc([N+](=O)[O-])c1. The highest BCUT2D eigenvalue weighted by atomic mass is 16.6. The lowest BCUT2D eigenvalue weighted by atomic mass is 9.89. The molecule has 24 heavy (non-hydrogen) atoms. The first-order valence-corrected chi connectivity index (χ1v) is 7.44. The van der Waals surface area contributed by atoms with Gasteiger partial charge in [0.1, 0.15) is 0 Å². The Morgan fingerprint density at radius 1 is 1.25 bits per heavy atom. The highest BCUT2D eigenvalue weighted by Gasteiger charge is 2.27. The maximum atomic E-state index is 12.2. The number of nitro groups is 1. The molecule has 0 bridgehead atoms. The monoisotopic (exact) mass is 325 g/mol. The first-order valence-electron chi connectivity index (χ1n) is 7.44. The molecule has 2 aromatic rings. The van der Waals surface area contributed by atoms with Crippen LogP contribution in [0, 0.1) is 10.1 Å². The van der Waals surface area contributed by atoms with E-state index in [1.54, 1.807) is 42.5 Å². The zero-order chi connectivity index (χ0) is 17.6. The van der Waals surface area contributed by atoms with Gasteiger partial charge in [0.05, 0.1) is 10.5 Å². The zero-order valence-electron chi connectivity index (χ0n) is 13.4. The zero-order valence-corrected chi connectivity index (χ0v) is 13.4. The van der Waals surface area contributed by atoms with Crippen molar-refractivity contribution in [1.29, 1.82) is 0 Å². The van der Waals surface area contributed by atoms with E-state index in [0.29, 0.717) is 17.5 Å². The molecule has 0 spiro atoms. The predicted octanol–water partition coefficient (Wildman–Crippen LogP) is 3.32. The van der Waals surface area contributed by atoms with Crippen LogP contribution in [-0.2, 0) is 5.54 Å². The van der Waals surface area contributed by atoms with Crippen LogP contribution < -0.4 is 10.9 Å². The molecule has 2 N–H and O–H groups in total. The number of hydrazine groups is 1. The Bertz CT molecular complexity index is 746. The number of hydrogen-bond acceptors (Lipinski definition) is 4. The van der Waals surface area contributed by atoms with Gasteiger partial charge in [-0.3, -0.25) is 20.3 Å². The molecule has 0 saturated carbocycles. The van der Waals surface area contributed by atoms with E-state index in [-0.39, 0.29) is 11.6 Å². The molecule has 124 valence electrons. The molecule has 2 rings (SSSR count). The summed E-state index contributed by atoms with van der Waals surface area (Å²) in [6, 6.07) is 15.1. The summed E-state index contributed by atoms with van der Waals surface area (Å²) in [5, 5.41) is 11.0. The van der Waals surface area contributed by atoms with Gasteiger partial charge >= 0.3 is 0 Å². The van der Waals surface area contributed by atoms with Crippen molar-refractivity contribution in [3.63, 3.8) is 0 Å². The molecule has 2 aromatic carbocycles. The molecule has 0 aromatic heterocycles. The number of amides is 1. The van der Waals surface area contributed by atoms with Gasteiger partial charge in [0, 0.05) is 17.7 Å². The van der Waals surface area contributed by atoms with Gasteiger partial charge in [-0.05, 0) is 31.0 Å². The molecule has 1 unspecified atom stereocenters. The van der Waals surface area contributed by atoms with E-state index in [4.69, 9.17) is 0 Å². The van der Waals surface area contributed by atoms with Crippen LogP contribution in [0.1, 0.15) is 29.3 Å². The molecule has 0 aliphatic rings. The number of non-ortho nitro benzene ring substituents is 1. The van der Waals surface area contributed by atoms with Gasteiger partial charge in [-0.15, -0.1) is 6.58 Å². The number of hydrogen-bond donors (Lipinski definition) is 2. The minimum Gasteiger partial charge on any atom is -0.287 e. The summed E-state index contributed by atoms with van der Waals surface area (Å²) in [4.78, 5) is 22.7.